The summed E-state index contributed by atoms with van der Waals surface area (Å²) in [6, 6.07) is 24.4. The highest BCUT2D eigenvalue weighted by atomic mass is 35.5. The van der Waals surface area contributed by atoms with Gasteiger partial charge >= 0.3 is 0 Å². The van der Waals surface area contributed by atoms with Crippen LogP contribution in [0.3, 0.4) is 0 Å². The first kappa shape index (κ1) is 19.4. The van der Waals surface area contributed by atoms with Gasteiger partial charge in [0.1, 0.15) is 0 Å². The minimum absolute atomic E-state index is 0.486. The second kappa shape index (κ2) is 9.06. The normalized spacial score (nSPS) is 11.0. The zero-order valence-corrected chi connectivity index (χ0v) is 17.2. The standard InChI is InChI=1S/C25H23ClN2O/c1-2-3-4-5-18-6-8-19(9-7-18)20-10-12-21(13-11-20)24-27-28-25(29-24)22-14-16-23(26)17-15-22/h6-17H,2-5H2,1H3. The predicted molar refractivity (Wildman–Crippen MR) is 119 cm³/mol. The van der Waals surface area contributed by atoms with Crippen molar-refractivity contribution in [3.8, 4) is 34.0 Å². The van der Waals surface area contributed by atoms with E-state index in [0.717, 1.165) is 17.5 Å². The number of nitrogens with zero attached hydrogens (tertiary/aromatic N) is 2. The molecule has 1 heterocycles. The molecule has 29 heavy (non-hydrogen) atoms. The molecule has 0 atom stereocenters. The molecule has 4 aromatic rings. The van der Waals surface area contributed by atoms with Gasteiger partial charge in [-0.1, -0.05) is 67.8 Å². The maximum Gasteiger partial charge on any atom is 0.248 e. The first-order valence-electron chi connectivity index (χ1n) is 10.0. The van der Waals surface area contributed by atoms with Crippen LogP contribution in [0.25, 0.3) is 34.0 Å². The molecule has 0 saturated heterocycles. The second-order valence-corrected chi connectivity index (χ2v) is 7.59. The fourth-order valence-electron chi connectivity index (χ4n) is 3.30. The van der Waals surface area contributed by atoms with Crippen molar-refractivity contribution in [2.75, 3.05) is 0 Å². The van der Waals surface area contributed by atoms with Crippen LogP contribution in [0.15, 0.2) is 77.2 Å². The summed E-state index contributed by atoms with van der Waals surface area (Å²) in [6.07, 6.45) is 4.96. The van der Waals surface area contributed by atoms with E-state index in [4.69, 9.17) is 16.0 Å². The first-order valence-corrected chi connectivity index (χ1v) is 10.4. The summed E-state index contributed by atoms with van der Waals surface area (Å²) in [7, 11) is 0. The van der Waals surface area contributed by atoms with Gasteiger partial charge in [-0.15, -0.1) is 10.2 Å². The summed E-state index contributed by atoms with van der Waals surface area (Å²) in [5.41, 5.74) is 5.54. The fraction of sp³-hybridized carbons (Fsp3) is 0.200. The number of hydrogen-bond acceptors (Lipinski definition) is 3. The Kier molecular flexibility index (Phi) is 6.06. The smallest absolute Gasteiger partial charge is 0.248 e. The number of aryl methyl sites for hydroxylation is 1. The van der Waals surface area contributed by atoms with Crippen LogP contribution in [0.1, 0.15) is 31.7 Å². The van der Waals surface area contributed by atoms with Crippen molar-refractivity contribution in [3.05, 3.63) is 83.4 Å². The van der Waals surface area contributed by atoms with Gasteiger partial charge in [-0.2, -0.15) is 0 Å². The van der Waals surface area contributed by atoms with Crippen molar-refractivity contribution >= 4 is 11.6 Å². The summed E-state index contributed by atoms with van der Waals surface area (Å²) in [6.45, 7) is 2.24. The van der Waals surface area contributed by atoms with Gasteiger partial charge in [-0.3, -0.25) is 0 Å². The minimum atomic E-state index is 0.486. The van der Waals surface area contributed by atoms with Crippen LogP contribution < -0.4 is 0 Å². The summed E-state index contributed by atoms with van der Waals surface area (Å²) >= 11 is 5.94. The Morgan fingerprint density at radius 3 is 1.69 bits per heavy atom. The number of hydrogen-bond donors (Lipinski definition) is 0. The SMILES string of the molecule is CCCCCc1ccc(-c2ccc(-c3nnc(-c4ccc(Cl)cc4)o3)cc2)cc1. The van der Waals surface area contributed by atoms with E-state index < -0.39 is 0 Å². The van der Waals surface area contributed by atoms with Gasteiger partial charge in [-0.25, -0.2) is 0 Å². The quantitative estimate of drug-likeness (QED) is 0.301. The highest BCUT2D eigenvalue weighted by Crippen LogP contribution is 2.27. The molecule has 0 unspecified atom stereocenters. The highest BCUT2D eigenvalue weighted by molar-refractivity contribution is 6.30. The van der Waals surface area contributed by atoms with Crippen LogP contribution in [0.4, 0.5) is 0 Å². The maximum atomic E-state index is 5.94. The zero-order chi connectivity index (χ0) is 20.1. The van der Waals surface area contributed by atoms with Gasteiger partial charge < -0.3 is 4.42 Å². The van der Waals surface area contributed by atoms with E-state index in [9.17, 15) is 0 Å². The number of halogens is 1. The van der Waals surface area contributed by atoms with Crippen molar-refractivity contribution in [1.29, 1.82) is 0 Å². The third-order valence-corrected chi connectivity index (χ3v) is 5.26. The molecule has 1 aromatic heterocycles. The number of benzene rings is 3. The van der Waals surface area contributed by atoms with E-state index >= 15 is 0 Å². The molecule has 0 saturated carbocycles. The van der Waals surface area contributed by atoms with Crippen LogP contribution in [0, 0.1) is 0 Å². The molecule has 4 rings (SSSR count). The molecule has 146 valence electrons. The molecule has 0 aliphatic heterocycles. The van der Waals surface area contributed by atoms with Crippen LogP contribution in [0.5, 0.6) is 0 Å². The Morgan fingerprint density at radius 1 is 0.655 bits per heavy atom. The summed E-state index contributed by atoms with van der Waals surface area (Å²) in [4.78, 5) is 0. The van der Waals surface area contributed by atoms with Gasteiger partial charge in [0, 0.05) is 16.1 Å². The average molecular weight is 403 g/mol. The number of aromatic nitrogens is 2. The predicted octanol–water partition coefficient (Wildman–Crippen LogP) is 7.46. The Labute approximate surface area is 176 Å². The lowest BCUT2D eigenvalue weighted by Gasteiger charge is -2.05. The van der Waals surface area contributed by atoms with Gasteiger partial charge in [0.25, 0.3) is 0 Å². The third-order valence-electron chi connectivity index (χ3n) is 5.00. The fourth-order valence-corrected chi connectivity index (χ4v) is 3.42. The monoisotopic (exact) mass is 402 g/mol. The van der Waals surface area contributed by atoms with E-state index in [0.29, 0.717) is 16.8 Å². The summed E-state index contributed by atoms with van der Waals surface area (Å²) in [5.74, 6) is 0.993. The maximum absolute atomic E-state index is 5.94. The Hall–Kier alpha value is -2.91. The lowest BCUT2D eigenvalue weighted by molar-refractivity contribution is 0.584. The molecule has 3 aromatic carbocycles. The molecule has 3 nitrogen and oxygen atoms in total. The van der Waals surface area contributed by atoms with Gasteiger partial charge in [0.2, 0.25) is 11.8 Å². The third kappa shape index (κ3) is 4.75. The van der Waals surface area contributed by atoms with E-state index in [1.54, 1.807) is 0 Å². The van der Waals surface area contributed by atoms with Crippen LogP contribution in [-0.4, -0.2) is 10.2 Å². The van der Waals surface area contributed by atoms with Crippen LogP contribution in [0.2, 0.25) is 5.02 Å². The van der Waals surface area contributed by atoms with E-state index in [-0.39, 0.29) is 0 Å². The Bertz CT molecular complexity index is 1050. The van der Waals surface area contributed by atoms with Gasteiger partial charge in [-0.05, 0) is 65.9 Å². The molecule has 4 heteroatoms. The lowest BCUT2D eigenvalue weighted by atomic mass is 10.0. The Morgan fingerprint density at radius 2 is 1.14 bits per heavy atom. The largest absolute Gasteiger partial charge is 0.416 e. The van der Waals surface area contributed by atoms with E-state index in [1.807, 2.05) is 36.4 Å². The molecule has 0 aliphatic rings. The number of unbranched alkanes of at least 4 members (excludes halogenated alkanes) is 2. The summed E-state index contributed by atoms with van der Waals surface area (Å²) < 4.78 is 5.84. The molecule has 0 N–H and O–H groups in total. The van der Waals surface area contributed by atoms with Crippen molar-refractivity contribution in [3.63, 3.8) is 0 Å². The van der Waals surface area contributed by atoms with E-state index in [2.05, 4.69) is 53.5 Å². The van der Waals surface area contributed by atoms with Crippen molar-refractivity contribution in [2.24, 2.45) is 0 Å². The molecular formula is C25H23ClN2O. The number of rotatable bonds is 7. The van der Waals surface area contributed by atoms with Gasteiger partial charge in [0.15, 0.2) is 0 Å². The topological polar surface area (TPSA) is 38.9 Å². The molecule has 0 spiro atoms. The van der Waals surface area contributed by atoms with Gasteiger partial charge in [0.05, 0.1) is 0 Å². The van der Waals surface area contributed by atoms with Crippen molar-refractivity contribution in [1.82, 2.24) is 10.2 Å². The average Bonchev–Trinajstić information content (AvgIpc) is 3.25. The molecular weight excluding hydrogens is 380 g/mol. The zero-order valence-electron chi connectivity index (χ0n) is 16.4. The van der Waals surface area contributed by atoms with Crippen molar-refractivity contribution in [2.45, 2.75) is 32.6 Å². The summed E-state index contributed by atoms with van der Waals surface area (Å²) in [5, 5.41) is 9.02. The molecule has 0 amide bonds. The highest BCUT2D eigenvalue weighted by Gasteiger charge is 2.10. The molecule has 0 aliphatic carbocycles. The second-order valence-electron chi connectivity index (χ2n) is 7.15. The van der Waals surface area contributed by atoms with Crippen LogP contribution >= 0.6 is 11.6 Å². The Balaban J connectivity index is 1.47. The molecule has 0 bridgehead atoms. The molecule has 0 fully saturated rings. The van der Waals surface area contributed by atoms with E-state index in [1.165, 1.54) is 36.0 Å². The van der Waals surface area contributed by atoms with Crippen molar-refractivity contribution < 1.29 is 4.42 Å². The minimum Gasteiger partial charge on any atom is -0.416 e. The lowest BCUT2D eigenvalue weighted by Crippen LogP contribution is -1.86. The van der Waals surface area contributed by atoms with Crippen LogP contribution in [-0.2, 0) is 6.42 Å². The molecule has 0 radical (unpaired) electrons. The first-order chi connectivity index (χ1) is 14.2.